The molecule has 0 spiro atoms. The van der Waals surface area contributed by atoms with Crippen LogP contribution in [-0.2, 0) is 9.47 Å². The molecule has 1 aliphatic rings. The van der Waals surface area contributed by atoms with Crippen LogP contribution < -0.4 is 0 Å². The van der Waals surface area contributed by atoms with Gasteiger partial charge in [0, 0.05) is 6.61 Å². The van der Waals surface area contributed by atoms with Gasteiger partial charge in [0.1, 0.15) is 0 Å². The van der Waals surface area contributed by atoms with E-state index < -0.39 is 0 Å². The average Bonchev–Trinajstić information content (AvgIpc) is 2.07. The predicted octanol–water partition coefficient (Wildman–Crippen LogP) is 0.564. The average molecular weight is 160 g/mol. The van der Waals surface area contributed by atoms with Crippen molar-refractivity contribution < 1.29 is 14.6 Å². The quantitative estimate of drug-likeness (QED) is 0.611. The molecule has 0 aromatic rings. The molecule has 66 valence electrons. The molecule has 0 aromatic heterocycles. The van der Waals surface area contributed by atoms with Crippen LogP contribution in [-0.4, -0.2) is 37.6 Å². The largest absolute Gasteiger partial charge is 0.394 e. The van der Waals surface area contributed by atoms with E-state index in [1.807, 2.05) is 0 Å². The zero-order valence-electron chi connectivity index (χ0n) is 6.79. The van der Waals surface area contributed by atoms with E-state index in [9.17, 15) is 0 Å². The Labute approximate surface area is 67.3 Å². The first-order valence-electron chi connectivity index (χ1n) is 4.23. The van der Waals surface area contributed by atoms with Gasteiger partial charge in [0.05, 0.1) is 25.9 Å². The van der Waals surface area contributed by atoms with E-state index >= 15 is 0 Å². The molecule has 1 rings (SSSR count). The van der Waals surface area contributed by atoms with Gasteiger partial charge in [-0.15, -0.1) is 0 Å². The summed E-state index contributed by atoms with van der Waals surface area (Å²) >= 11 is 0. The normalized spacial score (nSPS) is 25.4. The van der Waals surface area contributed by atoms with E-state index in [1.165, 1.54) is 12.8 Å². The monoisotopic (exact) mass is 160 g/mol. The number of rotatable bonds is 4. The van der Waals surface area contributed by atoms with Crippen molar-refractivity contribution in [3.63, 3.8) is 0 Å². The highest BCUT2D eigenvalue weighted by Gasteiger charge is 2.12. The van der Waals surface area contributed by atoms with E-state index in [1.54, 1.807) is 0 Å². The number of aliphatic hydroxyl groups is 1. The summed E-state index contributed by atoms with van der Waals surface area (Å²) in [7, 11) is 0. The minimum atomic E-state index is 0.104. The maximum absolute atomic E-state index is 8.43. The van der Waals surface area contributed by atoms with Gasteiger partial charge >= 0.3 is 0 Å². The smallest absolute Gasteiger partial charge is 0.0808 e. The van der Waals surface area contributed by atoms with Crippen LogP contribution in [0.2, 0.25) is 0 Å². The number of aliphatic hydroxyl groups excluding tert-OH is 1. The topological polar surface area (TPSA) is 38.7 Å². The molecule has 0 aliphatic carbocycles. The van der Waals surface area contributed by atoms with E-state index in [2.05, 4.69) is 0 Å². The Hall–Kier alpha value is -0.120. The van der Waals surface area contributed by atoms with Crippen molar-refractivity contribution in [1.29, 1.82) is 0 Å². The van der Waals surface area contributed by atoms with Crippen molar-refractivity contribution in [2.75, 3.05) is 26.4 Å². The fourth-order valence-electron chi connectivity index (χ4n) is 1.22. The second-order valence-electron chi connectivity index (χ2n) is 2.79. The van der Waals surface area contributed by atoms with Gasteiger partial charge in [-0.05, 0) is 19.3 Å². The molecule has 3 nitrogen and oxygen atoms in total. The van der Waals surface area contributed by atoms with E-state index in [0.717, 1.165) is 13.0 Å². The van der Waals surface area contributed by atoms with Crippen LogP contribution >= 0.6 is 0 Å². The lowest BCUT2D eigenvalue weighted by Gasteiger charge is -2.21. The van der Waals surface area contributed by atoms with Gasteiger partial charge in [-0.25, -0.2) is 0 Å². The summed E-state index contributed by atoms with van der Waals surface area (Å²) in [6, 6.07) is 0. The molecule has 11 heavy (non-hydrogen) atoms. The lowest BCUT2D eigenvalue weighted by molar-refractivity contribution is -0.0456. The third kappa shape index (κ3) is 3.70. The van der Waals surface area contributed by atoms with Crippen LogP contribution in [0.3, 0.4) is 0 Å². The van der Waals surface area contributed by atoms with Crippen LogP contribution in [0.1, 0.15) is 19.3 Å². The lowest BCUT2D eigenvalue weighted by Crippen LogP contribution is -2.24. The number of hydrogen-bond donors (Lipinski definition) is 1. The van der Waals surface area contributed by atoms with Crippen LogP contribution in [0, 0.1) is 0 Å². The Kier molecular flexibility index (Phi) is 4.50. The Morgan fingerprint density at radius 2 is 2.36 bits per heavy atom. The minimum Gasteiger partial charge on any atom is -0.394 e. The van der Waals surface area contributed by atoms with Crippen LogP contribution in [0.25, 0.3) is 0 Å². The Morgan fingerprint density at radius 1 is 1.45 bits per heavy atom. The molecule has 3 heteroatoms. The van der Waals surface area contributed by atoms with Gasteiger partial charge in [-0.1, -0.05) is 0 Å². The van der Waals surface area contributed by atoms with Crippen LogP contribution in [0.15, 0.2) is 0 Å². The van der Waals surface area contributed by atoms with Crippen molar-refractivity contribution in [3.8, 4) is 0 Å². The summed E-state index contributed by atoms with van der Waals surface area (Å²) in [5.74, 6) is 0. The van der Waals surface area contributed by atoms with Gasteiger partial charge in [0.2, 0.25) is 0 Å². The molecule has 0 amide bonds. The standard InChI is InChI=1S/C8H16O3/c9-4-6-10-7-8-3-1-2-5-11-8/h8-9H,1-7H2/t8-/m1/s1. The first-order valence-corrected chi connectivity index (χ1v) is 4.23. The molecule has 0 bridgehead atoms. The number of ether oxygens (including phenoxy) is 2. The summed E-state index contributed by atoms with van der Waals surface area (Å²) in [5.41, 5.74) is 0. The van der Waals surface area contributed by atoms with Crippen molar-refractivity contribution in [3.05, 3.63) is 0 Å². The van der Waals surface area contributed by atoms with Crippen LogP contribution in [0.4, 0.5) is 0 Å². The van der Waals surface area contributed by atoms with E-state index in [4.69, 9.17) is 14.6 Å². The van der Waals surface area contributed by atoms with E-state index in [0.29, 0.717) is 13.2 Å². The zero-order valence-corrected chi connectivity index (χ0v) is 6.79. The predicted molar refractivity (Wildman–Crippen MR) is 41.5 cm³/mol. The fourth-order valence-corrected chi connectivity index (χ4v) is 1.22. The second-order valence-corrected chi connectivity index (χ2v) is 2.79. The lowest BCUT2D eigenvalue weighted by atomic mass is 10.1. The summed E-state index contributed by atoms with van der Waals surface area (Å²) in [5, 5.41) is 8.43. The summed E-state index contributed by atoms with van der Waals surface area (Å²) < 4.78 is 10.6. The molecular weight excluding hydrogens is 144 g/mol. The zero-order chi connectivity index (χ0) is 7.94. The molecule has 1 aliphatic heterocycles. The maximum atomic E-state index is 8.43. The Balaban J connectivity index is 1.96. The Morgan fingerprint density at radius 3 is 3.00 bits per heavy atom. The van der Waals surface area contributed by atoms with Gasteiger partial charge in [-0.3, -0.25) is 0 Å². The molecule has 0 radical (unpaired) electrons. The highest BCUT2D eigenvalue weighted by atomic mass is 16.5. The molecule has 1 fully saturated rings. The molecule has 0 aromatic carbocycles. The fraction of sp³-hybridized carbons (Fsp3) is 1.00. The molecule has 0 unspecified atom stereocenters. The van der Waals surface area contributed by atoms with Crippen molar-refractivity contribution in [1.82, 2.24) is 0 Å². The van der Waals surface area contributed by atoms with Crippen molar-refractivity contribution >= 4 is 0 Å². The van der Waals surface area contributed by atoms with Crippen molar-refractivity contribution in [2.24, 2.45) is 0 Å². The molecule has 1 heterocycles. The molecule has 1 atom stereocenters. The maximum Gasteiger partial charge on any atom is 0.0808 e. The van der Waals surface area contributed by atoms with Gasteiger partial charge in [0.15, 0.2) is 0 Å². The van der Waals surface area contributed by atoms with Gasteiger partial charge < -0.3 is 14.6 Å². The van der Waals surface area contributed by atoms with Crippen molar-refractivity contribution in [2.45, 2.75) is 25.4 Å². The number of hydrogen-bond acceptors (Lipinski definition) is 3. The molecule has 1 saturated heterocycles. The highest BCUT2D eigenvalue weighted by molar-refractivity contribution is 4.61. The van der Waals surface area contributed by atoms with Gasteiger partial charge in [0.25, 0.3) is 0 Å². The molecular formula is C8H16O3. The molecule has 0 saturated carbocycles. The third-order valence-electron chi connectivity index (χ3n) is 1.81. The first kappa shape index (κ1) is 8.97. The summed E-state index contributed by atoms with van der Waals surface area (Å²) in [6.45, 7) is 2.04. The third-order valence-corrected chi connectivity index (χ3v) is 1.81. The minimum absolute atomic E-state index is 0.104. The van der Waals surface area contributed by atoms with E-state index in [-0.39, 0.29) is 12.7 Å². The summed E-state index contributed by atoms with van der Waals surface area (Å²) in [6.07, 6.45) is 3.80. The molecule has 1 N–H and O–H groups in total. The SMILES string of the molecule is OCCOC[C@H]1CCCCO1. The highest BCUT2D eigenvalue weighted by Crippen LogP contribution is 2.12. The van der Waals surface area contributed by atoms with Gasteiger partial charge in [-0.2, -0.15) is 0 Å². The Bertz CT molecular complexity index is 89.3. The second kappa shape index (κ2) is 5.52. The summed E-state index contributed by atoms with van der Waals surface area (Å²) in [4.78, 5) is 0. The first-order chi connectivity index (χ1) is 5.43. The van der Waals surface area contributed by atoms with Crippen LogP contribution in [0.5, 0.6) is 0 Å².